The topological polar surface area (TPSA) is 72.8 Å². The van der Waals surface area contributed by atoms with Crippen molar-refractivity contribution in [3.63, 3.8) is 0 Å². The van der Waals surface area contributed by atoms with Gasteiger partial charge >= 0.3 is 11.9 Å². The summed E-state index contributed by atoms with van der Waals surface area (Å²) in [4.78, 5) is 23.5. The summed E-state index contributed by atoms with van der Waals surface area (Å²) in [5.74, 6) is -0.317. The molecule has 0 heterocycles. The molecule has 2 aromatic rings. The van der Waals surface area contributed by atoms with E-state index in [1.165, 1.54) is 6.92 Å². The third-order valence-corrected chi connectivity index (χ3v) is 5.19. The van der Waals surface area contributed by atoms with Crippen molar-refractivity contribution < 1.29 is 24.2 Å². The first-order valence-electron chi connectivity index (χ1n) is 9.19. The SMILES string of the molecule is CC(=CC1C(C(=O)OCc2cccc(Oc3ccccc3)c2)C1(C)C)C(=O)O. The third kappa shape index (κ3) is 4.42. The molecule has 2 unspecified atom stereocenters. The van der Waals surface area contributed by atoms with E-state index in [1.807, 2.05) is 68.4 Å². The number of carbonyl (C=O) groups excluding carboxylic acids is 1. The van der Waals surface area contributed by atoms with Gasteiger partial charge in [0.25, 0.3) is 0 Å². The number of esters is 1. The van der Waals surface area contributed by atoms with Crippen LogP contribution in [0.15, 0.2) is 66.2 Å². The van der Waals surface area contributed by atoms with Gasteiger partial charge in [0.05, 0.1) is 5.92 Å². The molecule has 0 bridgehead atoms. The molecule has 0 amide bonds. The number of aliphatic carboxylic acids is 1. The summed E-state index contributed by atoms with van der Waals surface area (Å²) >= 11 is 0. The lowest BCUT2D eigenvalue weighted by atomic mass is 10.1. The van der Waals surface area contributed by atoms with Gasteiger partial charge in [0.1, 0.15) is 18.1 Å². The Balaban J connectivity index is 1.60. The zero-order chi connectivity index (χ0) is 20.3. The van der Waals surface area contributed by atoms with E-state index in [0.717, 1.165) is 11.3 Å². The minimum atomic E-state index is -0.968. The Morgan fingerprint density at radius 2 is 1.75 bits per heavy atom. The molecule has 1 aliphatic carbocycles. The van der Waals surface area contributed by atoms with Crippen molar-refractivity contribution >= 4 is 11.9 Å². The Morgan fingerprint density at radius 1 is 1.07 bits per heavy atom. The average Bonchev–Trinajstić information content (AvgIpc) is 3.21. The molecule has 0 radical (unpaired) electrons. The van der Waals surface area contributed by atoms with E-state index in [4.69, 9.17) is 14.6 Å². The highest BCUT2D eigenvalue weighted by molar-refractivity contribution is 5.86. The van der Waals surface area contributed by atoms with Crippen LogP contribution in [-0.4, -0.2) is 17.0 Å². The van der Waals surface area contributed by atoms with Crippen molar-refractivity contribution in [2.45, 2.75) is 27.4 Å². The maximum atomic E-state index is 12.5. The lowest BCUT2D eigenvalue weighted by Crippen LogP contribution is -2.10. The van der Waals surface area contributed by atoms with Crippen molar-refractivity contribution in [1.29, 1.82) is 0 Å². The van der Waals surface area contributed by atoms with Gasteiger partial charge in [-0.25, -0.2) is 4.79 Å². The normalized spacial score (nSPS) is 20.3. The van der Waals surface area contributed by atoms with Crippen LogP contribution in [0, 0.1) is 17.3 Å². The predicted molar refractivity (Wildman–Crippen MR) is 105 cm³/mol. The quantitative estimate of drug-likeness (QED) is 0.550. The van der Waals surface area contributed by atoms with Crippen LogP contribution in [0.3, 0.4) is 0 Å². The molecule has 0 aliphatic heterocycles. The molecule has 1 aliphatic rings. The van der Waals surface area contributed by atoms with Crippen LogP contribution in [0.25, 0.3) is 0 Å². The summed E-state index contributed by atoms with van der Waals surface area (Å²) in [6.45, 7) is 5.58. The van der Waals surface area contributed by atoms with Gasteiger partial charge in [0.2, 0.25) is 0 Å². The minimum absolute atomic E-state index is 0.121. The van der Waals surface area contributed by atoms with E-state index >= 15 is 0 Å². The highest BCUT2D eigenvalue weighted by Crippen LogP contribution is 2.59. The van der Waals surface area contributed by atoms with E-state index in [-0.39, 0.29) is 35.4 Å². The number of hydrogen-bond donors (Lipinski definition) is 1. The predicted octanol–water partition coefficient (Wildman–Crippen LogP) is 4.83. The zero-order valence-corrected chi connectivity index (χ0v) is 16.2. The van der Waals surface area contributed by atoms with Gasteiger partial charge in [-0.3, -0.25) is 4.79 Å². The first-order valence-corrected chi connectivity index (χ1v) is 9.19. The van der Waals surface area contributed by atoms with Crippen molar-refractivity contribution in [2.24, 2.45) is 17.3 Å². The highest BCUT2D eigenvalue weighted by atomic mass is 16.5. The van der Waals surface area contributed by atoms with Gasteiger partial charge in [0, 0.05) is 5.57 Å². The largest absolute Gasteiger partial charge is 0.478 e. The van der Waals surface area contributed by atoms with Gasteiger partial charge in [-0.1, -0.05) is 50.3 Å². The van der Waals surface area contributed by atoms with Crippen LogP contribution in [0.4, 0.5) is 0 Å². The van der Waals surface area contributed by atoms with Gasteiger partial charge in [0.15, 0.2) is 0 Å². The first kappa shape index (κ1) is 19.7. The van der Waals surface area contributed by atoms with Gasteiger partial charge in [-0.05, 0) is 48.1 Å². The Kier molecular flexibility index (Phi) is 5.54. The summed E-state index contributed by atoms with van der Waals surface area (Å²) in [5.41, 5.74) is 0.777. The first-order chi connectivity index (χ1) is 13.3. The smallest absolute Gasteiger partial charge is 0.330 e. The molecule has 0 spiro atoms. The number of carbonyl (C=O) groups is 2. The number of rotatable bonds is 7. The fourth-order valence-corrected chi connectivity index (χ4v) is 3.35. The molecule has 2 aromatic carbocycles. The van der Waals surface area contributed by atoms with E-state index in [9.17, 15) is 9.59 Å². The van der Waals surface area contributed by atoms with Crippen molar-refractivity contribution in [3.05, 3.63) is 71.8 Å². The molecule has 28 heavy (non-hydrogen) atoms. The number of carboxylic acid groups (broad SMARTS) is 1. The minimum Gasteiger partial charge on any atom is -0.478 e. The van der Waals surface area contributed by atoms with Gasteiger partial charge < -0.3 is 14.6 Å². The molecular weight excluding hydrogens is 356 g/mol. The van der Waals surface area contributed by atoms with Crippen molar-refractivity contribution in [2.75, 3.05) is 0 Å². The molecule has 1 N–H and O–H groups in total. The number of carboxylic acids is 1. The van der Waals surface area contributed by atoms with Gasteiger partial charge in [-0.2, -0.15) is 0 Å². The number of benzene rings is 2. The maximum Gasteiger partial charge on any atom is 0.330 e. The van der Waals surface area contributed by atoms with Crippen LogP contribution in [0.1, 0.15) is 26.3 Å². The average molecular weight is 380 g/mol. The van der Waals surface area contributed by atoms with Crippen molar-refractivity contribution in [3.8, 4) is 11.5 Å². The number of para-hydroxylation sites is 1. The monoisotopic (exact) mass is 380 g/mol. The number of ether oxygens (including phenoxy) is 2. The molecule has 3 rings (SSSR count). The van der Waals surface area contributed by atoms with Crippen LogP contribution in [-0.2, 0) is 20.9 Å². The lowest BCUT2D eigenvalue weighted by molar-refractivity contribution is -0.147. The van der Waals surface area contributed by atoms with Crippen LogP contribution in [0.5, 0.6) is 11.5 Å². The third-order valence-electron chi connectivity index (χ3n) is 5.19. The molecule has 1 saturated carbocycles. The Morgan fingerprint density at radius 3 is 2.43 bits per heavy atom. The standard InChI is InChI=1S/C23H24O5/c1-15(21(24)25)12-19-20(23(19,2)3)22(26)27-14-16-8-7-11-18(13-16)28-17-9-5-4-6-10-17/h4-13,19-20H,14H2,1-3H3,(H,24,25). The van der Waals surface area contributed by atoms with E-state index < -0.39 is 5.97 Å². The molecule has 0 aromatic heterocycles. The molecule has 2 atom stereocenters. The summed E-state index contributed by atoms with van der Waals surface area (Å²) < 4.78 is 11.3. The van der Waals surface area contributed by atoms with Crippen LogP contribution in [0.2, 0.25) is 0 Å². The fourth-order valence-electron chi connectivity index (χ4n) is 3.35. The maximum absolute atomic E-state index is 12.5. The van der Waals surface area contributed by atoms with Gasteiger partial charge in [-0.15, -0.1) is 0 Å². The molecule has 1 fully saturated rings. The second-order valence-electron chi connectivity index (χ2n) is 7.65. The lowest BCUT2D eigenvalue weighted by Gasteiger charge is -2.09. The zero-order valence-electron chi connectivity index (χ0n) is 16.2. The number of hydrogen-bond acceptors (Lipinski definition) is 4. The molecule has 5 heteroatoms. The Hall–Kier alpha value is -3.08. The summed E-state index contributed by atoms with van der Waals surface area (Å²) in [5, 5.41) is 9.04. The second-order valence-corrected chi connectivity index (χ2v) is 7.65. The Labute approximate surface area is 164 Å². The van der Waals surface area contributed by atoms with E-state index in [2.05, 4.69) is 0 Å². The summed E-state index contributed by atoms with van der Waals surface area (Å²) in [7, 11) is 0. The Bertz CT molecular complexity index is 898. The fraction of sp³-hybridized carbons (Fsp3) is 0.304. The summed E-state index contributed by atoms with van der Waals surface area (Å²) in [6.07, 6.45) is 1.66. The number of allylic oxidation sites excluding steroid dienone is 1. The van der Waals surface area contributed by atoms with Crippen molar-refractivity contribution in [1.82, 2.24) is 0 Å². The second kappa shape index (κ2) is 7.89. The summed E-state index contributed by atoms with van der Waals surface area (Å²) in [6, 6.07) is 16.9. The molecule has 0 saturated heterocycles. The van der Waals surface area contributed by atoms with Crippen LogP contribution >= 0.6 is 0 Å². The van der Waals surface area contributed by atoms with Crippen LogP contribution < -0.4 is 4.74 Å². The highest BCUT2D eigenvalue weighted by Gasteiger charge is 2.61. The van der Waals surface area contributed by atoms with E-state index in [1.54, 1.807) is 6.08 Å². The van der Waals surface area contributed by atoms with E-state index in [0.29, 0.717) is 5.75 Å². The molecule has 5 nitrogen and oxygen atoms in total. The molecule has 146 valence electrons. The molecular formula is C23H24O5.